The topological polar surface area (TPSA) is 29.0 Å². The van der Waals surface area contributed by atoms with Crippen LogP contribution in [-0.4, -0.2) is 29.7 Å². The summed E-state index contributed by atoms with van der Waals surface area (Å²) in [4.78, 5) is 10.9. The van der Waals surface area contributed by atoms with E-state index in [4.69, 9.17) is 4.98 Å². The predicted octanol–water partition coefficient (Wildman–Crippen LogP) is 7.23. The highest BCUT2D eigenvalue weighted by Gasteiger charge is 2.34. The minimum atomic E-state index is -2.99. The lowest BCUT2D eigenvalue weighted by molar-refractivity contribution is 0.0128. The Hall–Kier alpha value is -2.89. The molecule has 3 atom stereocenters. The number of anilines is 1. The van der Waals surface area contributed by atoms with Gasteiger partial charge < -0.3 is 4.90 Å². The molecule has 1 fully saturated rings. The zero-order valence-electron chi connectivity index (χ0n) is 20.6. The van der Waals surface area contributed by atoms with Crippen LogP contribution in [-0.2, 0) is 12.3 Å². The average Bonchev–Trinajstić information content (AvgIpc) is 3.56. The monoisotopic (exact) mass is 479 g/mol. The van der Waals surface area contributed by atoms with Crippen molar-refractivity contribution in [3.8, 4) is 22.3 Å². The summed E-state index contributed by atoms with van der Waals surface area (Å²) in [5.41, 5.74) is 6.47. The quantitative estimate of drug-likeness (QED) is 0.358. The van der Waals surface area contributed by atoms with Crippen LogP contribution in [0.2, 0.25) is 0 Å². The van der Waals surface area contributed by atoms with E-state index in [0.29, 0.717) is 12.0 Å². The van der Waals surface area contributed by atoms with Crippen LogP contribution in [0.1, 0.15) is 43.6 Å². The standard InChI is InChI=1S/C29H32F3N3/c1-18-4-5-22(23-6-8-33-28(14-23)29(3,31)32)12-25(18)24-13-27-26(34-16-24)11-20(15-30)17-35(27)9-7-21-10-19(21)2/h4-6,8,12-14,16,19-21H,7,9-11,15,17H2,1-3H3. The first kappa shape index (κ1) is 23.8. The van der Waals surface area contributed by atoms with Gasteiger partial charge in [-0.1, -0.05) is 19.1 Å². The van der Waals surface area contributed by atoms with E-state index in [2.05, 4.69) is 22.9 Å². The Labute approximate surface area is 205 Å². The van der Waals surface area contributed by atoms with Crippen molar-refractivity contribution in [2.24, 2.45) is 17.8 Å². The number of halogens is 3. The number of aromatic nitrogens is 2. The molecule has 0 amide bonds. The van der Waals surface area contributed by atoms with E-state index in [0.717, 1.165) is 71.9 Å². The first-order chi connectivity index (χ1) is 16.7. The van der Waals surface area contributed by atoms with Crippen molar-refractivity contribution in [1.29, 1.82) is 0 Å². The molecule has 1 aliphatic heterocycles. The smallest absolute Gasteiger partial charge is 0.286 e. The fraction of sp³-hybridized carbons (Fsp3) is 0.448. The van der Waals surface area contributed by atoms with Gasteiger partial charge in [-0.05, 0) is 84.5 Å². The Morgan fingerprint density at radius 3 is 2.54 bits per heavy atom. The van der Waals surface area contributed by atoms with Crippen molar-refractivity contribution < 1.29 is 13.2 Å². The molecule has 184 valence electrons. The SMILES string of the molecule is Cc1ccc(-c2ccnc(C(C)(F)F)c2)cc1-c1cnc2c(c1)N(CCC1CC1C)CC(CF)C2. The molecule has 1 aliphatic carbocycles. The van der Waals surface area contributed by atoms with Gasteiger partial charge in [0.25, 0.3) is 5.92 Å². The zero-order valence-corrected chi connectivity index (χ0v) is 20.6. The van der Waals surface area contributed by atoms with Crippen LogP contribution in [0.4, 0.5) is 18.9 Å². The number of nitrogens with zero attached hydrogens (tertiary/aromatic N) is 3. The second-order valence-electron chi connectivity index (χ2n) is 10.5. The lowest BCUT2D eigenvalue weighted by Crippen LogP contribution is -2.37. The summed E-state index contributed by atoms with van der Waals surface area (Å²) >= 11 is 0. The summed E-state index contributed by atoms with van der Waals surface area (Å²) < 4.78 is 41.3. The molecule has 6 heteroatoms. The third-order valence-electron chi connectivity index (χ3n) is 7.60. The second kappa shape index (κ2) is 9.29. The highest BCUT2D eigenvalue weighted by molar-refractivity contribution is 5.77. The highest BCUT2D eigenvalue weighted by Crippen LogP contribution is 2.42. The molecule has 0 radical (unpaired) electrons. The molecule has 35 heavy (non-hydrogen) atoms. The predicted molar refractivity (Wildman–Crippen MR) is 134 cm³/mol. The highest BCUT2D eigenvalue weighted by atomic mass is 19.3. The van der Waals surface area contributed by atoms with Crippen LogP contribution in [0.15, 0.2) is 48.8 Å². The molecule has 1 saturated carbocycles. The third-order valence-corrected chi connectivity index (χ3v) is 7.60. The first-order valence-corrected chi connectivity index (χ1v) is 12.5. The molecule has 3 aromatic rings. The minimum absolute atomic E-state index is 0.0138. The first-order valence-electron chi connectivity index (χ1n) is 12.5. The van der Waals surface area contributed by atoms with Crippen molar-refractivity contribution in [3.63, 3.8) is 0 Å². The van der Waals surface area contributed by atoms with Crippen molar-refractivity contribution in [1.82, 2.24) is 9.97 Å². The van der Waals surface area contributed by atoms with Gasteiger partial charge in [0.1, 0.15) is 5.69 Å². The summed E-state index contributed by atoms with van der Waals surface area (Å²) in [7, 11) is 0. The number of benzene rings is 1. The molecule has 0 N–H and O–H groups in total. The van der Waals surface area contributed by atoms with Gasteiger partial charge in [-0.3, -0.25) is 14.4 Å². The van der Waals surface area contributed by atoms with E-state index in [1.807, 2.05) is 31.3 Å². The molecule has 0 spiro atoms. The maximum atomic E-state index is 13.8. The normalized spacial score (nSPS) is 21.7. The van der Waals surface area contributed by atoms with Gasteiger partial charge in [-0.2, -0.15) is 8.78 Å². The van der Waals surface area contributed by atoms with E-state index < -0.39 is 5.92 Å². The Kier molecular flexibility index (Phi) is 6.32. The molecule has 2 aromatic heterocycles. The van der Waals surface area contributed by atoms with Gasteiger partial charge in [-0.15, -0.1) is 0 Å². The van der Waals surface area contributed by atoms with Gasteiger partial charge in [0.2, 0.25) is 0 Å². The summed E-state index contributed by atoms with van der Waals surface area (Å²) in [6, 6.07) is 11.4. The minimum Gasteiger partial charge on any atom is -0.370 e. The van der Waals surface area contributed by atoms with Crippen molar-refractivity contribution >= 4 is 5.69 Å². The number of pyridine rings is 2. The van der Waals surface area contributed by atoms with Crippen molar-refractivity contribution in [3.05, 3.63) is 65.7 Å². The van der Waals surface area contributed by atoms with Crippen molar-refractivity contribution in [2.75, 3.05) is 24.7 Å². The summed E-state index contributed by atoms with van der Waals surface area (Å²) in [6.45, 7) is 6.52. The van der Waals surface area contributed by atoms with Gasteiger partial charge in [0.15, 0.2) is 0 Å². The lowest BCUT2D eigenvalue weighted by Gasteiger charge is -2.35. The molecule has 0 saturated heterocycles. The number of hydrogen-bond donors (Lipinski definition) is 0. The molecule has 0 bridgehead atoms. The molecule has 1 aromatic carbocycles. The van der Waals surface area contributed by atoms with Gasteiger partial charge in [-0.25, -0.2) is 0 Å². The number of fused-ring (bicyclic) bond motifs is 1. The van der Waals surface area contributed by atoms with E-state index in [1.165, 1.54) is 18.7 Å². The van der Waals surface area contributed by atoms with E-state index in [9.17, 15) is 13.2 Å². The van der Waals surface area contributed by atoms with Crippen LogP contribution >= 0.6 is 0 Å². The molecular formula is C29H32F3N3. The number of alkyl halides is 3. The molecule has 2 aliphatic rings. The largest absolute Gasteiger partial charge is 0.370 e. The molecule has 3 unspecified atom stereocenters. The molecular weight excluding hydrogens is 447 g/mol. The van der Waals surface area contributed by atoms with E-state index in [-0.39, 0.29) is 18.3 Å². The maximum absolute atomic E-state index is 13.8. The van der Waals surface area contributed by atoms with E-state index >= 15 is 0 Å². The van der Waals surface area contributed by atoms with Crippen LogP contribution < -0.4 is 4.90 Å². The van der Waals surface area contributed by atoms with Gasteiger partial charge in [0, 0.05) is 43.9 Å². The van der Waals surface area contributed by atoms with Gasteiger partial charge in [0.05, 0.1) is 18.1 Å². The Balaban J connectivity index is 1.49. The summed E-state index contributed by atoms with van der Waals surface area (Å²) in [5, 5.41) is 0. The van der Waals surface area contributed by atoms with Crippen LogP contribution in [0.5, 0.6) is 0 Å². The molecule has 3 heterocycles. The summed E-state index contributed by atoms with van der Waals surface area (Å²) in [6.07, 6.45) is 6.38. The fourth-order valence-corrected chi connectivity index (χ4v) is 5.21. The van der Waals surface area contributed by atoms with Crippen LogP contribution in [0.25, 0.3) is 22.3 Å². The van der Waals surface area contributed by atoms with Crippen molar-refractivity contribution in [2.45, 2.75) is 46.0 Å². The summed E-state index contributed by atoms with van der Waals surface area (Å²) in [5.74, 6) is -1.43. The second-order valence-corrected chi connectivity index (χ2v) is 10.5. The average molecular weight is 480 g/mol. The fourth-order valence-electron chi connectivity index (χ4n) is 5.21. The number of rotatable bonds is 7. The van der Waals surface area contributed by atoms with E-state index in [1.54, 1.807) is 6.07 Å². The van der Waals surface area contributed by atoms with Gasteiger partial charge >= 0.3 is 0 Å². The maximum Gasteiger partial charge on any atom is 0.286 e. The molecule has 5 rings (SSSR count). The molecule has 3 nitrogen and oxygen atoms in total. The number of aryl methyl sites for hydroxylation is 1. The third kappa shape index (κ3) is 5.07. The Morgan fingerprint density at radius 1 is 1.06 bits per heavy atom. The van der Waals surface area contributed by atoms with Crippen LogP contribution in [0, 0.1) is 24.7 Å². The zero-order chi connectivity index (χ0) is 24.7. The lowest BCUT2D eigenvalue weighted by atomic mass is 9.92. The van der Waals surface area contributed by atoms with Crippen LogP contribution in [0.3, 0.4) is 0 Å². The Bertz CT molecular complexity index is 1220. The Morgan fingerprint density at radius 2 is 1.83 bits per heavy atom. The number of hydrogen-bond acceptors (Lipinski definition) is 3.